The average molecular weight is 380 g/mol. The van der Waals surface area contributed by atoms with Crippen LogP contribution < -0.4 is 10.9 Å². The first-order valence-corrected chi connectivity index (χ1v) is 7.36. The van der Waals surface area contributed by atoms with Crippen molar-refractivity contribution in [1.82, 2.24) is 40.8 Å². The first-order valence-electron chi connectivity index (χ1n) is 7.36. The van der Waals surface area contributed by atoms with Crippen molar-refractivity contribution in [3.8, 4) is 5.69 Å². The summed E-state index contributed by atoms with van der Waals surface area (Å²) in [5, 5.41) is 13.9. The van der Waals surface area contributed by atoms with Crippen molar-refractivity contribution in [2.75, 3.05) is 0 Å². The lowest BCUT2D eigenvalue weighted by molar-refractivity contribution is -0.141. The Kier molecular flexibility index (Phi) is 4.83. The number of hydrazine groups is 1. The van der Waals surface area contributed by atoms with Gasteiger partial charge < -0.3 is 0 Å². The van der Waals surface area contributed by atoms with Gasteiger partial charge in [0.1, 0.15) is 12.9 Å². The molecule has 0 fully saturated rings. The van der Waals surface area contributed by atoms with Gasteiger partial charge in [0, 0.05) is 11.8 Å². The van der Waals surface area contributed by atoms with Gasteiger partial charge in [0.25, 0.3) is 11.8 Å². The summed E-state index contributed by atoms with van der Waals surface area (Å²) in [7, 11) is 0. The fourth-order valence-electron chi connectivity index (χ4n) is 2.03. The number of halogens is 3. The molecule has 2 amide bonds. The highest BCUT2D eigenvalue weighted by atomic mass is 19.4. The van der Waals surface area contributed by atoms with Crippen LogP contribution in [-0.2, 0) is 17.5 Å². The van der Waals surface area contributed by atoms with Crippen LogP contribution in [0.5, 0.6) is 0 Å². The first kappa shape index (κ1) is 18.0. The molecule has 10 nitrogen and oxygen atoms in total. The van der Waals surface area contributed by atoms with Crippen LogP contribution in [0.1, 0.15) is 16.1 Å². The second-order valence-electron chi connectivity index (χ2n) is 5.20. The maximum absolute atomic E-state index is 12.5. The summed E-state index contributed by atoms with van der Waals surface area (Å²) in [4.78, 5) is 23.7. The second kappa shape index (κ2) is 7.23. The van der Waals surface area contributed by atoms with Gasteiger partial charge in [-0.15, -0.1) is 5.10 Å². The molecule has 0 atom stereocenters. The van der Waals surface area contributed by atoms with Gasteiger partial charge in [-0.2, -0.15) is 18.3 Å². The third-order valence-electron chi connectivity index (χ3n) is 3.30. The maximum atomic E-state index is 12.5. The molecule has 2 heterocycles. The molecule has 2 N–H and O–H groups in total. The molecule has 0 saturated heterocycles. The lowest BCUT2D eigenvalue weighted by Crippen LogP contribution is -2.43. The standard InChI is InChI=1S/C14H11F3N8O2/c15-14(16,17)11-5-6-24(21-11)7-12(26)19-20-13(27)9-1-3-10(4-2-9)25-8-18-22-23-25/h1-6,8H,7H2,(H,19,26)(H,20,27). The van der Waals surface area contributed by atoms with Crippen molar-refractivity contribution in [1.29, 1.82) is 0 Å². The lowest BCUT2D eigenvalue weighted by Gasteiger charge is -2.08. The van der Waals surface area contributed by atoms with Gasteiger partial charge in [-0.1, -0.05) is 0 Å². The summed E-state index contributed by atoms with van der Waals surface area (Å²) in [6.07, 6.45) is -2.19. The van der Waals surface area contributed by atoms with Crippen molar-refractivity contribution >= 4 is 11.8 Å². The van der Waals surface area contributed by atoms with E-state index in [4.69, 9.17) is 0 Å². The molecule has 0 aliphatic heterocycles. The van der Waals surface area contributed by atoms with E-state index in [0.29, 0.717) is 5.69 Å². The molecule has 1 aromatic carbocycles. The molecule has 3 rings (SSSR count). The number of carbonyl (C=O) groups excluding carboxylic acids is 2. The van der Waals surface area contributed by atoms with E-state index in [2.05, 4.69) is 31.5 Å². The summed E-state index contributed by atoms with van der Waals surface area (Å²) in [6, 6.07) is 6.91. The van der Waals surface area contributed by atoms with Gasteiger partial charge in [0.05, 0.1) is 5.69 Å². The van der Waals surface area contributed by atoms with Crippen LogP contribution in [0.4, 0.5) is 13.2 Å². The molecule has 0 aliphatic carbocycles. The van der Waals surface area contributed by atoms with Crippen LogP contribution >= 0.6 is 0 Å². The highest BCUT2D eigenvalue weighted by Crippen LogP contribution is 2.27. The number of amides is 2. The Morgan fingerprint density at radius 1 is 1.07 bits per heavy atom. The predicted octanol–water partition coefficient (Wildman–Crippen LogP) is 0.339. The first-order chi connectivity index (χ1) is 12.8. The van der Waals surface area contributed by atoms with E-state index in [-0.39, 0.29) is 5.56 Å². The second-order valence-corrected chi connectivity index (χ2v) is 5.20. The van der Waals surface area contributed by atoms with E-state index in [1.807, 2.05) is 0 Å². The summed E-state index contributed by atoms with van der Waals surface area (Å²) in [5.41, 5.74) is 4.02. The summed E-state index contributed by atoms with van der Waals surface area (Å²) >= 11 is 0. The Hall–Kier alpha value is -3.77. The largest absolute Gasteiger partial charge is 0.435 e. The highest BCUT2D eigenvalue weighted by molar-refractivity contribution is 5.95. The minimum atomic E-state index is -4.59. The molecular formula is C14H11F3N8O2. The quantitative estimate of drug-likeness (QED) is 0.630. The minimum Gasteiger partial charge on any atom is -0.271 e. The summed E-state index contributed by atoms with van der Waals surface area (Å²) in [5.74, 6) is -1.35. The van der Waals surface area contributed by atoms with E-state index >= 15 is 0 Å². The van der Waals surface area contributed by atoms with Gasteiger partial charge in [-0.25, -0.2) is 4.68 Å². The fourth-order valence-corrected chi connectivity index (χ4v) is 2.03. The summed E-state index contributed by atoms with van der Waals surface area (Å²) < 4.78 is 39.6. The Bertz CT molecular complexity index is 934. The van der Waals surface area contributed by atoms with E-state index in [9.17, 15) is 22.8 Å². The average Bonchev–Trinajstić information content (AvgIpc) is 3.31. The van der Waals surface area contributed by atoms with E-state index in [1.165, 1.54) is 23.1 Å². The number of nitrogens with zero attached hydrogens (tertiary/aromatic N) is 6. The van der Waals surface area contributed by atoms with E-state index in [1.54, 1.807) is 12.1 Å². The smallest absolute Gasteiger partial charge is 0.271 e. The zero-order chi connectivity index (χ0) is 19.4. The normalized spacial score (nSPS) is 11.2. The molecule has 0 unspecified atom stereocenters. The molecular weight excluding hydrogens is 369 g/mol. The van der Waals surface area contributed by atoms with Crippen LogP contribution in [0.15, 0.2) is 42.9 Å². The van der Waals surface area contributed by atoms with E-state index in [0.717, 1.165) is 16.9 Å². The fraction of sp³-hybridized carbons (Fsp3) is 0.143. The Balaban J connectivity index is 1.52. The topological polar surface area (TPSA) is 120 Å². The third kappa shape index (κ3) is 4.45. The Morgan fingerprint density at radius 3 is 2.41 bits per heavy atom. The molecule has 0 aliphatic rings. The number of tetrazole rings is 1. The Morgan fingerprint density at radius 2 is 1.81 bits per heavy atom. The number of rotatable bonds is 4. The lowest BCUT2D eigenvalue weighted by atomic mass is 10.2. The number of carbonyl (C=O) groups is 2. The molecule has 2 aromatic heterocycles. The summed E-state index contributed by atoms with van der Waals surface area (Å²) in [6.45, 7) is -0.491. The molecule has 140 valence electrons. The molecule has 0 spiro atoms. The molecule has 0 radical (unpaired) electrons. The van der Waals surface area contributed by atoms with E-state index < -0.39 is 30.2 Å². The third-order valence-corrected chi connectivity index (χ3v) is 3.30. The van der Waals surface area contributed by atoms with Gasteiger partial charge in [-0.05, 0) is 40.8 Å². The SMILES string of the molecule is O=C(Cn1ccc(C(F)(F)F)n1)NNC(=O)c1ccc(-n2cnnn2)cc1. The van der Waals surface area contributed by atoms with Gasteiger partial charge >= 0.3 is 6.18 Å². The monoisotopic (exact) mass is 380 g/mol. The van der Waals surface area contributed by atoms with Crippen molar-refractivity contribution in [2.24, 2.45) is 0 Å². The van der Waals surface area contributed by atoms with Crippen LogP contribution in [0.25, 0.3) is 5.69 Å². The zero-order valence-corrected chi connectivity index (χ0v) is 13.4. The molecule has 27 heavy (non-hydrogen) atoms. The molecule has 13 heteroatoms. The number of hydrogen-bond donors (Lipinski definition) is 2. The zero-order valence-electron chi connectivity index (χ0n) is 13.4. The van der Waals surface area contributed by atoms with Gasteiger partial charge in [0.2, 0.25) is 0 Å². The van der Waals surface area contributed by atoms with Crippen molar-refractivity contribution < 1.29 is 22.8 Å². The molecule has 0 bridgehead atoms. The number of hydrogen-bond acceptors (Lipinski definition) is 6. The van der Waals surface area contributed by atoms with Crippen LogP contribution in [0.2, 0.25) is 0 Å². The van der Waals surface area contributed by atoms with Crippen LogP contribution in [0, 0.1) is 0 Å². The van der Waals surface area contributed by atoms with Crippen LogP contribution in [-0.4, -0.2) is 41.8 Å². The number of benzene rings is 1. The van der Waals surface area contributed by atoms with Crippen molar-refractivity contribution in [2.45, 2.75) is 12.7 Å². The molecule has 3 aromatic rings. The molecule has 0 saturated carbocycles. The maximum Gasteiger partial charge on any atom is 0.435 e. The van der Waals surface area contributed by atoms with Crippen molar-refractivity contribution in [3.63, 3.8) is 0 Å². The number of nitrogens with one attached hydrogen (secondary N) is 2. The highest BCUT2D eigenvalue weighted by Gasteiger charge is 2.33. The number of aromatic nitrogens is 6. The van der Waals surface area contributed by atoms with Crippen molar-refractivity contribution in [3.05, 3.63) is 54.1 Å². The van der Waals surface area contributed by atoms with Crippen LogP contribution in [0.3, 0.4) is 0 Å². The number of alkyl halides is 3. The Labute approximate surface area is 148 Å². The van der Waals surface area contributed by atoms with Gasteiger partial charge in [-0.3, -0.25) is 25.1 Å². The predicted molar refractivity (Wildman–Crippen MR) is 82.0 cm³/mol. The van der Waals surface area contributed by atoms with Gasteiger partial charge in [0.15, 0.2) is 5.69 Å². The minimum absolute atomic E-state index is 0.241.